The Bertz CT molecular complexity index is 557. The van der Waals surface area contributed by atoms with Crippen molar-refractivity contribution in [3.8, 4) is 5.75 Å². The zero-order chi connectivity index (χ0) is 14.6. The number of halogens is 2. The minimum absolute atomic E-state index is 0.0784. The smallest absolute Gasteiger partial charge is 0.265 e. The third kappa shape index (κ3) is 4.52. The first-order valence-electron chi connectivity index (χ1n) is 6.56. The van der Waals surface area contributed by atoms with Crippen molar-refractivity contribution in [3.63, 3.8) is 0 Å². The molecular weight excluding hydrogens is 321 g/mol. The molecule has 1 fully saturated rings. The average molecular weight is 338 g/mol. The summed E-state index contributed by atoms with van der Waals surface area (Å²) >= 11 is 5.79. The Labute approximate surface area is 129 Å². The normalized spacial score (nSPS) is 17.1. The van der Waals surface area contributed by atoms with Crippen molar-refractivity contribution in [3.05, 3.63) is 23.2 Å². The maximum absolute atomic E-state index is 11.5. The molecule has 0 aliphatic carbocycles. The number of likely N-dealkylation sites (tertiary alicyclic amines) is 1. The van der Waals surface area contributed by atoms with Crippen LogP contribution in [0.1, 0.15) is 19.3 Å². The number of piperidine rings is 1. The third-order valence-corrected chi connectivity index (χ3v) is 4.86. The Morgan fingerprint density at radius 1 is 1.20 bits per heavy atom. The van der Waals surface area contributed by atoms with Crippen LogP contribution in [0, 0.1) is 0 Å². The Kier molecular flexibility index (Phi) is 5.55. The minimum Gasteiger partial charge on any atom is -0.491 e. The van der Waals surface area contributed by atoms with Crippen LogP contribution in [0.15, 0.2) is 23.1 Å². The van der Waals surface area contributed by atoms with E-state index in [2.05, 4.69) is 4.90 Å². The van der Waals surface area contributed by atoms with Gasteiger partial charge < -0.3 is 4.74 Å². The molecule has 112 valence electrons. The highest BCUT2D eigenvalue weighted by Gasteiger charge is 2.18. The molecule has 0 bridgehead atoms. The van der Waals surface area contributed by atoms with Gasteiger partial charge in [0.1, 0.15) is 17.3 Å². The lowest BCUT2D eigenvalue weighted by atomic mass is 10.1. The molecule has 0 aromatic heterocycles. The molecule has 7 heteroatoms. The van der Waals surface area contributed by atoms with Crippen molar-refractivity contribution in [1.29, 1.82) is 0 Å². The predicted molar refractivity (Wildman–Crippen MR) is 80.3 cm³/mol. The van der Waals surface area contributed by atoms with E-state index < -0.39 is 9.05 Å². The molecule has 2 rings (SSSR count). The van der Waals surface area contributed by atoms with E-state index in [1.807, 2.05) is 0 Å². The van der Waals surface area contributed by atoms with Crippen LogP contribution in [-0.2, 0) is 9.05 Å². The number of hydrogen-bond donors (Lipinski definition) is 0. The van der Waals surface area contributed by atoms with Crippen LogP contribution in [0.5, 0.6) is 5.75 Å². The molecule has 0 N–H and O–H groups in total. The first-order valence-corrected chi connectivity index (χ1v) is 9.25. The predicted octanol–water partition coefficient (Wildman–Crippen LogP) is 3.13. The van der Waals surface area contributed by atoms with E-state index in [1.54, 1.807) is 6.07 Å². The van der Waals surface area contributed by atoms with E-state index >= 15 is 0 Å². The Hall–Kier alpha value is -0.490. The molecular formula is C13H17Cl2NO3S. The van der Waals surface area contributed by atoms with Crippen molar-refractivity contribution < 1.29 is 13.2 Å². The van der Waals surface area contributed by atoms with Gasteiger partial charge in [0.2, 0.25) is 0 Å². The fourth-order valence-corrected chi connectivity index (χ4v) is 3.49. The van der Waals surface area contributed by atoms with E-state index in [0.717, 1.165) is 19.6 Å². The number of nitrogens with zero attached hydrogens (tertiary/aromatic N) is 1. The molecule has 0 saturated carbocycles. The fourth-order valence-electron chi connectivity index (χ4n) is 2.26. The first kappa shape index (κ1) is 15.9. The summed E-state index contributed by atoms with van der Waals surface area (Å²) in [4.78, 5) is 2.24. The number of ether oxygens (including phenoxy) is 1. The summed E-state index contributed by atoms with van der Waals surface area (Å²) in [6, 6.07) is 4.43. The van der Waals surface area contributed by atoms with Crippen LogP contribution < -0.4 is 4.74 Å². The van der Waals surface area contributed by atoms with E-state index in [9.17, 15) is 8.42 Å². The average Bonchev–Trinajstić information content (AvgIpc) is 2.40. The summed E-state index contributed by atoms with van der Waals surface area (Å²) < 4.78 is 28.5. The van der Waals surface area contributed by atoms with E-state index in [0.29, 0.717) is 11.6 Å². The Morgan fingerprint density at radius 3 is 2.55 bits per heavy atom. The zero-order valence-corrected chi connectivity index (χ0v) is 13.3. The van der Waals surface area contributed by atoms with E-state index in [1.165, 1.54) is 31.4 Å². The number of hydrogen-bond acceptors (Lipinski definition) is 4. The van der Waals surface area contributed by atoms with Crippen LogP contribution in [-0.4, -0.2) is 39.6 Å². The second-order valence-corrected chi connectivity index (χ2v) is 7.75. The molecule has 20 heavy (non-hydrogen) atoms. The van der Waals surface area contributed by atoms with Crippen LogP contribution in [0.4, 0.5) is 0 Å². The van der Waals surface area contributed by atoms with E-state index in [4.69, 9.17) is 27.0 Å². The van der Waals surface area contributed by atoms with Crippen LogP contribution >= 0.6 is 22.3 Å². The van der Waals surface area contributed by atoms with Crippen LogP contribution in [0.2, 0.25) is 5.02 Å². The van der Waals surface area contributed by atoms with Gasteiger partial charge in [-0.2, -0.15) is 0 Å². The molecule has 1 heterocycles. The van der Waals surface area contributed by atoms with Crippen molar-refractivity contribution in [2.45, 2.75) is 24.2 Å². The van der Waals surface area contributed by atoms with Crippen molar-refractivity contribution in [2.24, 2.45) is 0 Å². The topological polar surface area (TPSA) is 46.6 Å². The van der Waals surface area contributed by atoms with Gasteiger partial charge in [0, 0.05) is 22.2 Å². The van der Waals surface area contributed by atoms with E-state index in [-0.39, 0.29) is 10.6 Å². The molecule has 0 spiro atoms. The lowest BCUT2D eigenvalue weighted by Gasteiger charge is -2.26. The van der Waals surface area contributed by atoms with Gasteiger partial charge in [0.15, 0.2) is 0 Å². The molecule has 4 nitrogen and oxygen atoms in total. The maximum atomic E-state index is 11.5. The first-order chi connectivity index (χ1) is 9.47. The van der Waals surface area contributed by atoms with Crippen molar-refractivity contribution >= 4 is 31.3 Å². The van der Waals surface area contributed by atoms with Gasteiger partial charge in [0.05, 0.1) is 0 Å². The molecule has 0 amide bonds. The summed E-state index contributed by atoms with van der Waals surface area (Å²) in [6.45, 7) is 3.36. The lowest BCUT2D eigenvalue weighted by Crippen LogP contribution is -2.33. The summed E-state index contributed by atoms with van der Waals surface area (Å²) in [5, 5.41) is 0.313. The van der Waals surface area contributed by atoms with Gasteiger partial charge in [-0.25, -0.2) is 8.42 Å². The summed E-state index contributed by atoms with van der Waals surface area (Å²) in [6.07, 6.45) is 3.70. The SMILES string of the molecule is O=S(=O)(Cl)c1cc(Cl)ccc1OCCN1CCCCC1. The molecule has 0 radical (unpaired) electrons. The summed E-state index contributed by atoms with van der Waals surface area (Å²) in [5.74, 6) is 0.251. The molecule has 1 aromatic rings. The maximum Gasteiger partial charge on any atom is 0.265 e. The molecule has 1 aliphatic heterocycles. The molecule has 1 aromatic carbocycles. The van der Waals surface area contributed by atoms with Gasteiger partial charge in [-0.1, -0.05) is 18.0 Å². The van der Waals surface area contributed by atoms with Gasteiger partial charge in [0.25, 0.3) is 9.05 Å². The Balaban J connectivity index is 1.98. The highest BCUT2D eigenvalue weighted by atomic mass is 35.7. The lowest BCUT2D eigenvalue weighted by molar-refractivity contribution is 0.181. The summed E-state index contributed by atoms with van der Waals surface area (Å²) in [5.41, 5.74) is 0. The van der Waals surface area contributed by atoms with Crippen molar-refractivity contribution in [2.75, 3.05) is 26.2 Å². The molecule has 0 atom stereocenters. The Morgan fingerprint density at radius 2 is 1.90 bits per heavy atom. The molecule has 0 unspecified atom stereocenters. The van der Waals surface area contributed by atoms with Crippen molar-refractivity contribution in [1.82, 2.24) is 4.90 Å². The van der Waals surface area contributed by atoms with Crippen LogP contribution in [0.25, 0.3) is 0 Å². The fraction of sp³-hybridized carbons (Fsp3) is 0.538. The van der Waals surface area contributed by atoms with Crippen LogP contribution in [0.3, 0.4) is 0 Å². The summed E-state index contributed by atoms with van der Waals surface area (Å²) in [7, 11) is 1.52. The highest BCUT2D eigenvalue weighted by molar-refractivity contribution is 8.13. The van der Waals surface area contributed by atoms with Gasteiger partial charge in [-0.15, -0.1) is 0 Å². The van der Waals surface area contributed by atoms with Gasteiger partial charge in [-0.05, 0) is 44.1 Å². The second-order valence-electron chi connectivity index (χ2n) is 4.78. The zero-order valence-electron chi connectivity index (χ0n) is 11.0. The van der Waals surface area contributed by atoms with Gasteiger partial charge in [-0.3, -0.25) is 4.90 Å². The minimum atomic E-state index is -3.86. The number of benzene rings is 1. The van der Waals surface area contributed by atoms with Gasteiger partial charge >= 0.3 is 0 Å². The monoisotopic (exact) mass is 337 g/mol. The third-order valence-electron chi connectivity index (χ3n) is 3.28. The quantitative estimate of drug-likeness (QED) is 0.774. The number of rotatable bonds is 5. The largest absolute Gasteiger partial charge is 0.491 e. The highest BCUT2D eigenvalue weighted by Crippen LogP contribution is 2.29. The second kappa shape index (κ2) is 6.98. The molecule has 1 aliphatic rings. The standard InChI is InChI=1S/C13H17Cl2NO3S/c14-11-4-5-12(13(10-11)20(15,17)18)19-9-8-16-6-2-1-3-7-16/h4-5,10H,1-3,6-9H2. The molecule has 1 saturated heterocycles.